The highest BCUT2D eigenvalue weighted by Crippen LogP contribution is 2.21. The van der Waals surface area contributed by atoms with Crippen LogP contribution in [0.5, 0.6) is 0 Å². The minimum Gasteiger partial charge on any atom is -0.476 e. The van der Waals surface area contributed by atoms with Gasteiger partial charge >= 0.3 is 5.97 Å². The number of aromatic nitrogens is 1. The number of carboxylic acids is 1. The Kier molecular flexibility index (Phi) is 4.08. The fourth-order valence-electron chi connectivity index (χ4n) is 1.01. The van der Waals surface area contributed by atoms with Gasteiger partial charge in [-0.25, -0.2) is 9.78 Å². The van der Waals surface area contributed by atoms with E-state index >= 15 is 0 Å². The van der Waals surface area contributed by atoms with E-state index in [4.69, 9.17) is 5.11 Å². The van der Waals surface area contributed by atoms with Gasteiger partial charge in [0.15, 0.2) is 5.69 Å². The maximum Gasteiger partial charge on any atom is 0.357 e. The van der Waals surface area contributed by atoms with Gasteiger partial charge in [0.05, 0.1) is 5.51 Å². The molecule has 1 aromatic heterocycles. The molecule has 0 radical (unpaired) electrons. The second-order valence-electron chi connectivity index (χ2n) is 3.94. The molecule has 1 heterocycles. The highest BCUT2D eigenvalue weighted by molar-refractivity contribution is 7.14. The minimum atomic E-state index is -0.976. The van der Waals surface area contributed by atoms with Crippen LogP contribution in [-0.4, -0.2) is 22.6 Å². The van der Waals surface area contributed by atoms with Gasteiger partial charge in [0, 0.05) is 6.54 Å². The minimum absolute atomic E-state index is 0.121. The smallest absolute Gasteiger partial charge is 0.357 e. The molecule has 5 heteroatoms. The fourth-order valence-corrected chi connectivity index (χ4v) is 1.70. The number of rotatable bonds is 5. The molecular weight excluding hydrogens is 212 g/mol. The molecule has 15 heavy (non-hydrogen) atoms. The van der Waals surface area contributed by atoms with Gasteiger partial charge in [-0.2, -0.15) is 0 Å². The summed E-state index contributed by atoms with van der Waals surface area (Å²) in [7, 11) is 0. The van der Waals surface area contributed by atoms with Crippen molar-refractivity contribution < 1.29 is 9.90 Å². The highest BCUT2D eigenvalue weighted by Gasteiger charge is 2.14. The maximum absolute atomic E-state index is 10.8. The average Bonchev–Trinajstić information content (AvgIpc) is 2.61. The van der Waals surface area contributed by atoms with Crippen LogP contribution in [0.3, 0.4) is 0 Å². The number of nitrogens with one attached hydrogen (secondary N) is 1. The second kappa shape index (κ2) is 5.11. The van der Waals surface area contributed by atoms with Crippen molar-refractivity contribution in [2.24, 2.45) is 11.8 Å². The van der Waals surface area contributed by atoms with E-state index in [2.05, 4.69) is 31.1 Å². The Morgan fingerprint density at radius 3 is 2.80 bits per heavy atom. The van der Waals surface area contributed by atoms with Gasteiger partial charge in [0.25, 0.3) is 0 Å². The van der Waals surface area contributed by atoms with Crippen molar-refractivity contribution in [3.05, 3.63) is 11.2 Å². The Balaban J connectivity index is 2.58. The van der Waals surface area contributed by atoms with Crippen LogP contribution < -0.4 is 5.32 Å². The first-order chi connectivity index (χ1) is 7.02. The van der Waals surface area contributed by atoms with Crippen molar-refractivity contribution in [1.82, 2.24) is 4.98 Å². The normalized spacial score (nSPS) is 12.8. The van der Waals surface area contributed by atoms with Gasteiger partial charge < -0.3 is 10.4 Å². The predicted molar refractivity (Wildman–Crippen MR) is 61.6 cm³/mol. The van der Waals surface area contributed by atoms with Crippen LogP contribution in [-0.2, 0) is 0 Å². The summed E-state index contributed by atoms with van der Waals surface area (Å²) >= 11 is 1.33. The second-order valence-corrected chi connectivity index (χ2v) is 4.79. The SMILES string of the molecule is CC(C)C(C)CNc1scnc1C(=O)O. The number of aromatic carboxylic acids is 1. The first-order valence-electron chi connectivity index (χ1n) is 4.93. The Labute approximate surface area is 93.4 Å². The van der Waals surface area contributed by atoms with Crippen LogP contribution in [0.25, 0.3) is 0 Å². The summed E-state index contributed by atoms with van der Waals surface area (Å²) in [5, 5.41) is 12.6. The van der Waals surface area contributed by atoms with Crippen molar-refractivity contribution >= 4 is 22.3 Å². The molecule has 1 aromatic rings. The molecule has 0 bridgehead atoms. The van der Waals surface area contributed by atoms with E-state index in [1.54, 1.807) is 5.51 Å². The quantitative estimate of drug-likeness (QED) is 0.813. The third-order valence-corrected chi connectivity index (χ3v) is 3.28. The summed E-state index contributed by atoms with van der Waals surface area (Å²) < 4.78 is 0. The standard InChI is InChI=1S/C10H16N2O2S/c1-6(2)7(3)4-11-9-8(10(13)14)12-5-15-9/h5-7,11H,4H2,1-3H3,(H,13,14). The maximum atomic E-state index is 10.8. The van der Waals surface area contributed by atoms with Gasteiger partial charge in [0.2, 0.25) is 0 Å². The average molecular weight is 228 g/mol. The van der Waals surface area contributed by atoms with Crippen LogP contribution in [0.2, 0.25) is 0 Å². The lowest BCUT2D eigenvalue weighted by atomic mass is 9.98. The van der Waals surface area contributed by atoms with E-state index in [0.717, 1.165) is 6.54 Å². The van der Waals surface area contributed by atoms with Crippen molar-refractivity contribution in [1.29, 1.82) is 0 Å². The molecule has 0 spiro atoms. The molecule has 0 saturated carbocycles. The summed E-state index contributed by atoms with van der Waals surface area (Å²) in [6.45, 7) is 7.22. The van der Waals surface area contributed by atoms with E-state index in [0.29, 0.717) is 16.8 Å². The number of carboxylic acid groups (broad SMARTS) is 1. The Bertz CT molecular complexity index is 336. The Morgan fingerprint density at radius 2 is 2.27 bits per heavy atom. The molecule has 0 aliphatic rings. The van der Waals surface area contributed by atoms with Crippen molar-refractivity contribution in [3.63, 3.8) is 0 Å². The van der Waals surface area contributed by atoms with Crippen LogP contribution in [0.4, 0.5) is 5.00 Å². The zero-order valence-corrected chi connectivity index (χ0v) is 9.97. The molecule has 1 unspecified atom stereocenters. The fraction of sp³-hybridized carbons (Fsp3) is 0.600. The number of carbonyl (C=O) groups is 1. The van der Waals surface area contributed by atoms with Crippen LogP contribution in [0.15, 0.2) is 5.51 Å². The first kappa shape index (κ1) is 12.0. The molecule has 1 atom stereocenters. The van der Waals surface area contributed by atoms with E-state index in [-0.39, 0.29) is 5.69 Å². The molecule has 0 fully saturated rings. The van der Waals surface area contributed by atoms with Gasteiger partial charge in [-0.3, -0.25) is 0 Å². The summed E-state index contributed by atoms with van der Waals surface area (Å²) in [6.07, 6.45) is 0. The van der Waals surface area contributed by atoms with E-state index in [1.165, 1.54) is 11.3 Å². The number of anilines is 1. The van der Waals surface area contributed by atoms with Crippen LogP contribution in [0.1, 0.15) is 31.3 Å². The van der Waals surface area contributed by atoms with Crippen molar-refractivity contribution in [2.75, 3.05) is 11.9 Å². The van der Waals surface area contributed by atoms with Crippen molar-refractivity contribution in [3.8, 4) is 0 Å². The molecule has 4 nitrogen and oxygen atoms in total. The number of hydrogen-bond acceptors (Lipinski definition) is 4. The lowest BCUT2D eigenvalue weighted by molar-refractivity contribution is 0.0692. The highest BCUT2D eigenvalue weighted by atomic mass is 32.1. The summed E-state index contributed by atoms with van der Waals surface area (Å²) in [4.78, 5) is 14.6. The van der Waals surface area contributed by atoms with E-state index in [9.17, 15) is 4.79 Å². The summed E-state index contributed by atoms with van der Waals surface area (Å²) in [5.74, 6) is 0.114. The Morgan fingerprint density at radius 1 is 1.60 bits per heavy atom. The predicted octanol–water partition coefficient (Wildman–Crippen LogP) is 2.55. The van der Waals surface area contributed by atoms with Gasteiger partial charge in [-0.15, -0.1) is 11.3 Å². The summed E-state index contributed by atoms with van der Waals surface area (Å²) in [5.41, 5.74) is 1.67. The van der Waals surface area contributed by atoms with Gasteiger partial charge in [-0.1, -0.05) is 20.8 Å². The number of nitrogens with zero attached hydrogens (tertiary/aromatic N) is 1. The number of thiazole rings is 1. The zero-order chi connectivity index (χ0) is 11.4. The number of hydrogen-bond donors (Lipinski definition) is 2. The monoisotopic (exact) mass is 228 g/mol. The lowest BCUT2D eigenvalue weighted by Gasteiger charge is -2.16. The first-order valence-corrected chi connectivity index (χ1v) is 5.81. The Hall–Kier alpha value is -1.10. The summed E-state index contributed by atoms with van der Waals surface area (Å²) in [6, 6.07) is 0. The van der Waals surface area contributed by atoms with Crippen molar-refractivity contribution in [2.45, 2.75) is 20.8 Å². The van der Waals surface area contributed by atoms with E-state index < -0.39 is 5.97 Å². The largest absolute Gasteiger partial charge is 0.476 e. The third kappa shape index (κ3) is 3.20. The molecule has 0 aliphatic carbocycles. The van der Waals surface area contributed by atoms with Gasteiger partial charge in [0.1, 0.15) is 5.00 Å². The molecule has 0 saturated heterocycles. The molecule has 2 N–H and O–H groups in total. The van der Waals surface area contributed by atoms with Crippen LogP contribution in [0, 0.1) is 11.8 Å². The van der Waals surface area contributed by atoms with Crippen LogP contribution >= 0.6 is 11.3 Å². The molecule has 1 rings (SSSR count). The molecule has 0 aliphatic heterocycles. The molecule has 0 aromatic carbocycles. The van der Waals surface area contributed by atoms with Gasteiger partial charge in [-0.05, 0) is 11.8 Å². The topological polar surface area (TPSA) is 62.2 Å². The lowest BCUT2D eigenvalue weighted by Crippen LogP contribution is -2.17. The third-order valence-electron chi connectivity index (χ3n) is 2.49. The molecule has 84 valence electrons. The molecule has 0 amide bonds. The zero-order valence-electron chi connectivity index (χ0n) is 9.15. The van der Waals surface area contributed by atoms with E-state index in [1.807, 2.05) is 0 Å². The molecular formula is C10H16N2O2S.